The van der Waals surface area contributed by atoms with Crippen LogP contribution < -0.4 is 5.32 Å². The minimum absolute atomic E-state index is 0.202. The van der Waals surface area contributed by atoms with E-state index in [0.717, 1.165) is 37.0 Å². The van der Waals surface area contributed by atoms with Crippen LogP contribution in [0.15, 0.2) is 35.3 Å². The highest BCUT2D eigenvalue weighted by atomic mass is 32.2. The molecular weight excluding hydrogens is 266 g/mol. The fourth-order valence-corrected chi connectivity index (χ4v) is 3.29. The van der Waals surface area contributed by atoms with Crippen molar-refractivity contribution in [3.63, 3.8) is 0 Å². The number of thioether (sulfide) groups is 1. The van der Waals surface area contributed by atoms with Crippen LogP contribution in [-0.2, 0) is 6.54 Å². The molecule has 1 saturated heterocycles. The number of hydrogen-bond acceptors (Lipinski definition) is 3. The lowest BCUT2D eigenvalue weighted by molar-refractivity contribution is 0.324. The average Bonchev–Trinajstić information content (AvgIpc) is 2.75. The van der Waals surface area contributed by atoms with E-state index in [9.17, 15) is 0 Å². The van der Waals surface area contributed by atoms with Crippen LogP contribution in [0.25, 0.3) is 0 Å². The maximum atomic E-state index is 4.64. The molecule has 110 valence electrons. The summed E-state index contributed by atoms with van der Waals surface area (Å²) in [7, 11) is 2.17. The summed E-state index contributed by atoms with van der Waals surface area (Å²) in [6.07, 6.45) is 1.11. The van der Waals surface area contributed by atoms with Crippen molar-refractivity contribution in [3.8, 4) is 0 Å². The number of rotatable bonds is 6. The number of amidine groups is 1. The Morgan fingerprint density at radius 3 is 2.70 bits per heavy atom. The van der Waals surface area contributed by atoms with Gasteiger partial charge in [-0.1, -0.05) is 42.1 Å². The number of nitrogens with zero attached hydrogens (tertiary/aromatic N) is 2. The maximum Gasteiger partial charge on any atom is 0.157 e. The van der Waals surface area contributed by atoms with Gasteiger partial charge in [0, 0.05) is 24.4 Å². The van der Waals surface area contributed by atoms with Crippen molar-refractivity contribution < 1.29 is 0 Å². The highest BCUT2D eigenvalue weighted by molar-refractivity contribution is 8.14. The van der Waals surface area contributed by atoms with Crippen LogP contribution >= 0.6 is 11.8 Å². The Hall–Kier alpha value is -1.00. The Morgan fingerprint density at radius 1 is 1.30 bits per heavy atom. The lowest BCUT2D eigenvalue weighted by Crippen LogP contribution is -2.37. The standard InChI is InChI=1S/C16H25N3S/c1-16(2)13-20-15(18-16)17-10-7-11-19(3)12-14-8-5-4-6-9-14/h4-6,8-9H,7,10-13H2,1-3H3,(H,17,18). The highest BCUT2D eigenvalue weighted by Crippen LogP contribution is 2.21. The van der Waals surface area contributed by atoms with E-state index in [4.69, 9.17) is 0 Å². The molecule has 0 radical (unpaired) electrons. The van der Waals surface area contributed by atoms with Gasteiger partial charge in [0.2, 0.25) is 0 Å². The van der Waals surface area contributed by atoms with Crippen LogP contribution in [0.4, 0.5) is 0 Å². The minimum Gasteiger partial charge on any atom is -0.359 e. The molecule has 0 spiro atoms. The number of nitrogens with one attached hydrogen (secondary N) is 1. The first kappa shape index (κ1) is 15.4. The second-order valence-corrected chi connectivity index (χ2v) is 7.03. The SMILES string of the molecule is CN(CCCN=C1NC(C)(C)CS1)Cc1ccccc1. The molecule has 0 aromatic heterocycles. The first-order valence-corrected chi connectivity index (χ1v) is 8.22. The van der Waals surface area contributed by atoms with Gasteiger partial charge in [-0.25, -0.2) is 0 Å². The summed E-state index contributed by atoms with van der Waals surface area (Å²) in [5.41, 5.74) is 1.57. The summed E-state index contributed by atoms with van der Waals surface area (Å²) < 4.78 is 0. The fourth-order valence-electron chi connectivity index (χ4n) is 2.19. The Bertz CT molecular complexity index is 442. The van der Waals surface area contributed by atoms with Crippen molar-refractivity contribution in [1.82, 2.24) is 10.2 Å². The normalized spacial score (nSPS) is 19.5. The van der Waals surface area contributed by atoms with Gasteiger partial charge in [0.15, 0.2) is 5.17 Å². The first-order valence-electron chi connectivity index (χ1n) is 7.23. The third-order valence-corrected chi connectivity index (χ3v) is 4.63. The second-order valence-electron chi connectivity index (χ2n) is 6.06. The summed E-state index contributed by atoms with van der Waals surface area (Å²) in [6.45, 7) is 7.44. The van der Waals surface area contributed by atoms with Crippen LogP contribution in [0, 0.1) is 0 Å². The van der Waals surface area contributed by atoms with E-state index in [-0.39, 0.29) is 5.54 Å². The monoisotopic (exact) mass is 291 g/mol. The van der Waals surface area contributed by atoms with E-state index >= 15 is 0 Å². The van der Waals surface area contributed by atoms with Crippen molar-refractivity contribution in [2.24, 2.45) is 4.99 Å². The third-order valence-electron chi connectivity index (χ3n) is 3.26. The van der Waals surface area contributed by atoms with Crippen molar-refractivity contribution in [2.75, 3.05) is 25.9 Å². The molecule has 1 aliphatic heterocycles. The largest absolute Gasteiger partial charge is 0.359 e. The molecule has 1 aliphatic rings. The molecule has 20 heavy (non-hydrogen) atoms. The van der Waals surface area contributed by atoms with Gasteiger partial charge in [-0.15, -0.1) is 0 Å². The van der Waals surface area contributed by atoms with Crippen LogP contribution in [-0.4, -0.2) is 41.5 Å². The van der Waals surface area contributed by atoms with Crippen molar-refractivity contribution >= 4 is 16.9 Å². The van der Waals surface area contributed by atoms with Gasteiger partial charge in [0.1, 0.15) is 0 Å². The molecular formula is C16H25N3S. The molecule has 0 amide bonds. The van der Waals surface area contributed by atoms with Gasteiger partial charge in [0.25, 0.3) is 0 Å². The number of benzene rings is 1. The van der Waals surface area contributed by atoms with E-state index < -0.39 is 0 Å². The Kier molecular flexibility index (Phi) is 5.49. The molecule has 0 aliphatic carbocycles. The summed E-state index contributed by atoms with van der Waals surface area (Å²) in [6, 6.07) is 10.6. The fraction of sp³-hybridized carbons (Fsp3) is 0.562. The lowest BCUT2D eigenvalue weighted by Gasteiger charge is -2.16. The zero-order valence-electron chi connectivity index (χ0n) is 12.7. The summed E-state index contributed by atoms with van der Waals surface area (Å²) >= 11 is 1.84. The van der Waals surface area contributed by atoms with Gasteiger partial charge >= 0.3 is 0 Å². The molecule has 2 rings (SSSR count). The van der Waals surface area contributed by atoms with Crippen LogP contribution in [0.3, 0.4) is 0 Å². The smallest absolute Gasteiger partial charge is 0.157 e. The quantitative estimate of drug-likeness (QED) is 0.817. The van der Waals surface area contributed by atoms with Crippen LogP contribution in [0.2, 0.25) is 0 Å². The molecule has 1 N–H and O–H groups in total. The van der Waals surface area contributed by atoms with Crippen molar-refractivity contribution in [2.45, 2.75) is 32.4 Å². The third kappa shape index (κ3) is 5.17. The van der Waals surface area contributed by atoms with E-state index in [1.165, 1.54) is 5.56 Å². The lowest BCUT2D eigenvalue weighted by atomic mass is 10.1. The zero-order valence-corrected chi connectivity index (χ0v) is 13.5. The van der Waals surface area contributed by atoms with Gasteiger partial charge < -0.3 is 10.2 Å². The molecule has 0 unspecified atom stereocenters. The second kappa shape index (κ2) is 7.14. The van der Waals surface area contributed by atoms with E-state index in [0.29, 0.717) is 0 Å². The summed E-state index contributed by atoms with van der Waals surface area (Å²) in [5, 5.41) is 4.57. The van der Waals surface area contributed by atoms with E-state index in [1.807, 2.05) is 11.8 Å². The predicted octanol–water partition coefficient (Wildman–Crippen LogP) is 2.98. The molecule has 1 heterocycles. The topological polar surface area (TPSA) is 27.6 Å². The van der Waals surface area contributed by atoms with Gasteiger partial charge in [-0.05, 0) is 39.4 Å². The molecule has 4 heteroatoms. The van der Waals surface area contributed by atoms with Crippen LogP contribution in [0.1, 0.15) is 25.8 Å². The Morgan fingerprint density at radius 2 is 2.05 bits per heavy atom. The van der Waals surface area contributed by atoms with Gasteiger partial charge in [0.05, 0.1) is 0 Å². The molecule has 0 atom stereocenters. The molecule has 3 nitrogen and oxygen atoms in total. The van der Waals surface area contributed by atoms with Crippen molar-refractivity contribution in [3.05, 3.63) is 35.9 Å². The maximum absolute atomic E-state index is 4.64. The first-order chi connectivity index (χ1) is 9.55. The molecule has 0 saturated carbocycles. The van der Waals surface area contributed by atoms with Crippen LogP contribution in [0.5, 0.6) is 0 Å². The number of aliphatic imine (C=N–C) groups is 1. The Balaban J connectivity index is 1.65. The average molecular weight is 291 g/mol. The zero-order chi connectivity index (χ0) is 14.4. The Labute approximate surface area is 126 Å². The molecule has 1 aromatic carbocycles. The minimum atomic E-state index is 0.202. The highest BCUT2D eigenvalue weighted by Gasteiger charge is 2.26. The summed E-state index contributed by atoms with van der Waals surface area (Å²) in [4.78, 5) is 7.00. The van der Waals surface area contributed by atoms with Gasteiger partial charge in [-0.3, -0.25) is 4.99 Å². The van der Waals surface area contributed by atoms with E-state index in [1.54, 1.807) is 0 Å². The summed E-state index contributed by atoms with van der Waals surface area (Å²) in [5.74, 6) is 1.11. The molecule has 0 bridgehead atoms. The van der Waals surface area contributed by atoms with Gasteiger partial charge in [-0.2, -0.15) is 0 Å². The van der Waals surface area contributed by atoms with E-state index in [2.05, 4.69) is 66.4 Å². The predicted molar refractivity (Wildman–Crippen MR) is 89.4 cm³/mol. The molecule has 1 aromatic rings. The molecule has 1 fully saturated rings. The number of hydrogen-bond donors (Lipinski definition) is 1. The van der Waals surface area contributed by atoms with Crippen molar-refractivity contribution in [1.29, 1.82) is 0 Å².